The molecule has 0 saturated carbocycles. The molecule has 28 heavy (non-hydrogen) atoms. The Hall–Kier alpha value is -3.73. The van der Waals surface area contributed by atoms with Crippen molar-refractivity contribution < 1.29 is 14.6 Å². The fourth-order valence-electron chi connectivity index (χ4n) is 3.28. The van der Waals surface area contributed by atoms with Gasteiger partial charge in [-0.3, -0.25) is 4.79 Å². The van der Waals surface area contributed by atoms with E-state index in [4.69, 9.17) is 0 Å². The standard InChI is InChI=1S/C23H19N3O2/c27-22(19-14-8-3-9-15-19)24-20-21(18-12-6-2-7-13-18)26(25-23(20)28)16-17-10-4-1-5-11-17/h1-16,20-21H,(H-,24,25,27,28)/b26-16-/t20-,21-/m1/s1. The molecule has 5 nitrogen and oxygen atoms in total. The van der Waals surface area contributed by atoms with Crippen molar-refractivity contribution >= 4 is 18.0 Å². The molecule has 0 fully saturated rings. The zero-order valence-corrected chi connectivity index (χ0v) is 15.1. The zero-order valence-electron chi connectivity index (χ0n) is 15.1. The van der Waals surface area contributed by atoms with Crippen LogP contribution in [0, 0.1) is 0 Å². The van der Waals surface area contributed by atoms with Crippen LogP contribution < -0.4 is 10.4 Å². The first-order valence-corrected chi connectivity index (χ1v) is 9.07. The summed E-state index contributed by atoms with van der Waals surface area (Å²) in [5, 5.41) is 19.7. The molecule has 0 bridgehead atoms. The van der Waals surface area contributed by atoms with Crippen LogP contribution >= 0.6 is 0 Å². The highest BCUT2D eigenvalue weighted by atomic mass is 16.3. The van der Waals surface area contributed by atoms with Crippen molar-refractivity contribution in [2.45, 2.75) is 12.1 Å². The molecule has 2 atom stereocenters. The Morgan fingerprint density at radius 3 is 2.11 bits per heavy atom. The Balaban J connectivity index is 1.70. The number of hydrazone groups is 1. The number of carbonyl (C=O) groups excluding carboxylic acids is 1. The number of amides is 1. The van der Waals surface area contributed by atoms with Gasteiger partial charge in [-0.25, -0.2) is 0 Å². The molecule has 3 aromatic carbocycles. The Kier molecular flexibility index (Phi) is 4.97. The SMILES string of the molecule is O=C(N[C@H]1C([O-])=N/[N+](=C\c2ccccc2)[C@@H]1c1ccccc1)c1ccccc1. The van der Waals surface area contributed by atoms with Crippen molar-refractivity contribution in [3.8, 4) is 0 Å². The van der Waals surface area contributed by atoms with Crippen molar-refractivity contribution in [2.75, 3.05) is 0 Å². The van der Waals surface area contributed by atoms with E-state index in [1.54, 1.807) is 28.9 Å². The van der Waals surface area contributed by atoms with Gasteiger partial charge >= 0.3 is 0 Å². The zero-order chi connectivity index (χ0) is 19.3. The lowest BCUT2D eigenvalue weighted by Crippen LogP contribution is -2.47. The molecule has 5 heteroatoms. The van der Waals surface area contributed by atoms with Gasteiger partial charge in [0.05, 0.1) is 5.90 Å². The van der Waals surface area contributed by atoms with E-state index in [0.29, 0.717) is 5.56 Å². The first-order chi connectivity index (χ1) is 13.7. The molecule has 3 aromatic rings. The van der Waals surface area contributed by atoms with Crippen LogP contribution in [-0.4, -0.2) is 28.7 Å². The smallest absolute Gasteiger partial charge is 0.252 e. The average molecular weight is 369 g/mol. The van der Waals surface area contributed by atoms with E-state index in [0.717, 1.165) is 11.1 Å². The van der Waals surface area contributed by atoms with E-state index < -0.39 is 12.1 Å². The van der Waals surface area contributed by atoms with Crippen LogP contribution in [0.5, 0.6) is 0 Å². The molecule has 1 N–H and O–H groups in total. The molecular formula is C23H19N3O2. The van der Waals surface area contributed by atoms with Gasteiger partial charge in [-0.15, -0.1) is 0 Å². The van der Waals surface area contributed by atoms with Gasteiger partial charge in [0.2, 0.25) is 12.3 Å². The number of hydrogen-bond donors (Lipinski definition) is 1. The first-order valence-electron chi connectivity index (χ1n) is 9.07. The minimum atomic E-state index is -0.768. The van der Waals surface area contributed by atoms with Crippen LogP contribution in [-0.2, 0) is 0 Å². The van der Waals surface area contributed by atoms with Gasteiger partial charge in [0, 0.05) is 16.7 Å². The molecule has 1 aliphatic heterocycles. The summed E-state index contributed by atoms with van der Waals surface area (Å²) in [5.41, 5.74) is 2.34. The second-order valence-corrected chi connectivity index (χ2v) is 6.53. The van der Waals surface area contributed by atoms with Crippen molar-refractivity contribution in [3.63, 3.8) is 0 Å². The Bertz CT molecular complexity index is 1020. The van der Waals surface area contributed by atoms with Gasteiger partial charge in [0.1, 0.15) is 6.04 Å². The van der Waals surface area contributed by atoms with Crippen LogP contribution in [0.15, 0.2) is 96.1 Å². The summed E-state index contributed by atoms with van der Waals surface area (Å²) in [5.74, 6) is -0.665. The number of nitrogens with one attached hydrogen (secondary N) is 1. The molecule has 1 aliphatic rings. The molecule has 1 heterocycles. The minimum Gasteiger partial charge on any atom is -0.856 e. The molecule has 0 saturated heterocycles. The highest BCUT2D eigenvalue weighted by molar-refractivity contribution is 5.97. The summed E-state index contributed by atoms with van der Waals surface area (Å²) < 4.78 is 1.64. The summed E-state index contributed by atoms with van der Waals surface area (Å²) in [6.45, 7) is 0. The Morgan fingerprint density at radius 2 is 1.46 bits per heavy atom. The minimum absolute atomic E-state index is 0.295. The van der Waals surface area contributed by atoms with Crippen LogP contribution in [0.3, 0.4) is 0 Å². The van der Waals surface area contributed by atoms with E-state index in [-0.39, 0.29) is 11.8 Å². The second-order valence-electron chi connectivity index (χ2n) is 6.53. The second kappa shape index (κ2) is 7.88. The Labute approximate surface area is 163 Å². The van der Waals surface area contributed by atoms with Crippen LogP contribution in [0.1, 0.15) is 27.5 Å². The molecule has 4 rings (SSSR count). The van der Waals surface area contributed by atoms with Crippen molar-refractivity contribution in [1.82, 2.24) is 5.32 Å². The molecule has 138 valence electrons. The molecular weight excluding hydrogens is 350 g/mol. The lowest BCUT2D eigenvalue weighted by Gasteiger charge is -2.20. The van der Waals surface area contributed by atoms with E-state index >= 15 is 0 Å². The number of nitrogens with zero attached hydrogens (tertiary/aromatic N) is 2. The highest BCUT2D eigenvalue weighted by Gasteiger charge is 2.41. The predicted octanol–water partition coefficient (Wildman–Crippen LogP) is 2.35. The summed E-state index contributed by atoms with van der Waals surface area (Å²) in [4.78, 5) is 12.7. The van der Waals surface area contributed by atoms with E-state index in [2.05, 4.69) is 10.4 Å². The summed E-state index contributed by atoms with van der Waals surface area (Å²) in [6.07, 6.45) is 1.82. The summed E-state index contributed by atoms with van der Waals surface area (Å²) in [6, 6.07) is 27.0. The quantitative estimate of drug-likeness (QED) is 0.718. The fraction of sp³-hybridized carbons (Fsp3) is 0.0870. The van der Waals surface area contributed by atoms with Gasteiger partial charge in [-0.2, -0.15) is 0 Å². The molecule has 0 aliphatic carbocycles. The normalized spacial score (nSPS) is 20.0. The number of rotatable bonds is 4. The Morgan fingerprint density at radius 1 is 0.893 bits per heavy atom. The molecule has 0 aromatic heterocycles. The predicted molar refractivity (Wildman–Crippen MR) is 106 cm³/mol. The molecule has 1 amide bonds. The molecule has 0 radical (unpaired) electrons. The van der Waals surface area contributed by atoms with Crippen LogP contribution in [0.25, 0.3) is 0 Å². The largest absolute Gasteiger partial charge is 0.856 e. The molecule has 0 spiro atoms. The third-order valence-electron chi connectivity index (χ3n) is 4.63. The van der Waals surface area contributed by atoms with Gasteiger partial charge in [0.15, 0.2) is 0 Å². The number of benzene rings is 3. The number of carbonyl (C=O) groups is 1. The van der Waals surface area contributed by atoms with E-state index in [1.165, 1.54) is 0 Å². The highest BCUT2D eigenvalue weighted by Crippen LogP contribution is 2.26. The maximum atomic E-state index is 12.7. The van der Waals surface area contributed by atoms with Crippen molar-refractivity contribution in [1.29, 1.82) is 0 Å². The maximum Gasteiger partial charge on any atom is 0.252 e. The van der Waals surface area contributed by atoms with Gasteiger partial charge in [-0.05, 0) is 29.4 Å². The van der Waals surface area contributed by atoms with Gasteiger partial charge < -0.3 is 10.4 Å². The van der Waals surface area contributed by atoms with Crippen LogP contribution in [0.4, 0.5) is 0 Å². The third-order valence-corrected chi connectivity index (χ3v) is 4.63. The van der Waals surface area contributed by atoms with Gasteiger partial charge in [0.25, 0.3) is 5.91 Å². The topological polar surface area (TPSA) is 67.5 Å². The average Bonchev–Trinajstić information content (AvgIpc) is 3.04. The first kappa shape index (κ1) is 17.7. The van der Waals surface area contributed by atoms with Crippen molar-refractivity contribution in [2.24, 2.45) is 5.10 Å². The third kappa shape index (κ3) is 3.69. The number of hydrogen-bond acceptors (Lipinski definition) is 3. The summed E-state index contributed by atoms with van der Waals surface area (Å²) in [7, 11) is 0. The monoisotopic (exact) mass is 369 g/mol. The summed E-state index contributed by atoms with van der Waals surface area (Å²) >= 11 is 0. The van der Waals surface area contributed by atoms with Crippen molar-refractivity contribution in [3.05, 3.63) is 108 Å². The fourth-order valence-corrected chi connectivity index (χ4v) is 3.28. The molecule has 0 unspecified atom stereocenters. The van der Waals surface area contributed by atoms with Crippen LogP contribution in [0.2, 0.25) is 0 Å². The van der Waals surface area contributed by atoms with E-state index in [1.807, 2.05) is 72.9 Å². The van der Waals surface area contributed by atoms with E-state index in [9.17, 15) is 9.90 Å². The lowest BCUT2D eigenvalue weighted by atomic mass is 9.99. The maximum absolute atomic E-state index is 12.7. The van der Waals surface area contributed by atoms with Gasteiger partial charge in [-0.1, -0.05) is 71.4 Å². The lowest BCUT2D eigenvalue weighted by molar-refractivity contribution is -0.565.